The van der Waals surface area contributed by atoms with Crippen LogP contribution in [0.4, 0.5) is 0 Å². The predicted molar refractivity (Wildman–Crippen MR) is 64.0 cm³/mol. The predicted octanol–water partition coefficient (Wildman–Crippen LogP) is 2.29. The van der Waals surface area contributed by atoms with Crippen LogP contribution in [0.15, 0.2) is 18.3 Å². The zero-order valence-electron chi connectivity index (χ0n) is 9.08. The molecule has 0 amide bonds. The average Bonchev–Trinajstić information content (AvgIpc) is 2.12. The van der Waals surface area contributed by atoms with E-state index >= 15 is 0 Å². The zero-order chi connectivity index (χ0) is 11.5. The lowest BCUT2D eigenvalue weighted by Gasteiger charge is -2.17. The quantitative estimate of drug-likeness (QED) is 0.889. The molecule has 3 nitrogen and oxygen atoms in total. The first kappa shape index (κ1) is 12.6. The molecule has 0 spiro atoms. The Morgan fingerprint density at radius 3 is 2.73 bits per heavy atom. The number of hydrogen-bond donors (Lipinski definition) is 1. The monoisotopic (exact) mass is 246 g/mol. The van der Waals surface area contributed by atoms with Crippen LogP contribution in [-0.4, -0.2) is 13.9 Å². The second-order valence-electron chi connectivity index (χ2n) is 4.17. The van der Waals surface area contributed by atoms with Gasteiger partial charge in [0, 0.05) is 11.2 Å². The maximum absolute atomic E-state index is 11.7. The van der Waals surface area contributed by atoms with Crippen LogP contribution in [0.1, 0.15) is 26.5 Å². The number of nitrogens with zero attached hydrogens (tertiary/aromatic N) is 1. The molecule has 1 aromatic rings. The lowest BCUT2D eigenvalue weighted by Crippen LogP contribution is -2.33. The van der Waals surface area contributed by atoms with Gasteiger partial charge in [-0.15, -0.1) is 0 Å². The van der Waals surface area contributed by atoms with Crippen LogP contribution < -0.4 is 4.72 Å². The van der Waals surface area contributed by atoms with Gasteiger partial charge in [0.1, 0.15) is 0 Å². The summed E-state index contributed by atoms with van der Waals surface area (Å²) in [5.41, 5.74) is 0.792. The molecule has 0 aliphatic carbocycles. The molecule has 0 unspecified atom stereocenters. The van der Waals surface area contributed by atoms with Gasteiger partial charge in [-0.1, -0.05) is 11.6 Å². The van der Waals surface area contributed by atoms with Gasteiger partial charge in [-0.05, 0) is 32.9 Å². The SMILES string of the molecule is CC(C)(C)[S@](=O)NCc1cc(Cl)ccn1. The lowest BCUT2D eigenvalue weighted by molar-refractivity contribution is 0.634. The summed E-state index contributed by atoms with van der Waals surface area (Å²) in [7, 11) is -1.08. The first-order chi connectivity index (χ1) is 6.89. The van der Waals surface area contributed by atoms with Crippen LogP contribution in [0, 0.1) is 0 Å². The van der Waals surface area contributed by atoms with Crippen molar-refractivity contribution in [1.82, 2.24) is 9.71 Å². The molecular weight excluding hydrogens is 232 g/mol. The highest BCUT2D eigenvalue weighted by molar-refractivity contribution is 7.84. The summed E-state index contributed by atoms with van der Waals surface area (Å²) in [6, 6.07) is 3.47. The Hall–Kier alpha value is -0.450. The van der Waals surface area contributed by atoms with Crippen molar-refractivity contribution < 1.29 is 4.21 Å². The third-order valence-corrected chi connectivity index (χ3v) is 3.47. The zero-order valence-corrected chi connectivity index (χ0v) is 10.7. The smallest absolute Gasteiger partial charge is 0.0973 e. The maximum Gasteiger partial charge on any atom is 0.0973 e. The minimum Gasteiger partial charge on any atom is -0.260 e. The molecule has 1 aromatic heterocycles. The summed E-state index contributed by atoms with van der Waals surface area (Å²) in [6.07, 6.45) is 1.64. The van der Waals surface area contributed by atoms with E-state index < -0.39 is 11.0 Å². The number of rotatable bonds is 3. The summed E-state index contributed by atoms with van der Waals surface area (Å²) < 4.78 is 14.3. The van der Waals surface area contributed by atoms with E-state index in [1.54, 1.807) is 18.3 Å². The van der Waals surface area contributed by atoms with Crippen LogP contribution in [-0.2, 0) is 17.5 Å². The Bertz CT molecular complexity index is 363. The first-order valence-corrected chi connectivity index (χ1v) is 6.18. The van der Waals surface area contributed by atoms with Gasteiger partial charge in [-0.2, -0.15) is 0 Å². The summed E-state index contributed by atoms with van der Waals surface area (Å²) in [6.45, 7) is 6.22. The molecule has 0 radical (unpaired) electrons. The Morgan fingerprint density at radius 2 is 2.20 bits per heavy atom. The van der Waals surface area contributed by atoms with Crippen LogP contribution in [0.2, 0.25) is 5.02 Å². The van der Waals surface area contributed by atoms with Crippen LogP contribution in [0.3, 0.4) is 0 Å². The van der Waals surface area contributed by atoms with Crippen molar-refractivity contribution in [2.45, 2.75) is 32.1 Å². The minimum atomic E-state index is -1.08. The van der Waals surface area contributed by atoms with E-state index in [1.165, 1.54) is 0 Å². The van der Waals surface area contributed by atoms with Crippen molar-refractivity contribution in [2.24, 2.45) is 0 Å². The summed E-state index contributed by atoms with van der Waals surface area (Å²) in [5, 5.41) is 0.642. The van der Waals surface area contributed by atoms with Gasteiger partial charge in [-0.3, -0.25) is 4.98 Å². The van der Waals surface area contributed by atoms with Gasteiger partial charge in [0.25, 0.3) is 0 Å². The highest BCUT2D eigenvalue weighted by Crippen LogP contribution is 2.11. The molecule has 5 heteroatoms. The fourth-order valence-electron chi connectivity index (χ4n) is 0.901. The average molecular weight is 247 g/mol. The Balaban J connectivity index is 2.55. The molecule has 0 saturated heterocycles. The Kier molecular flexibility index (Phi) is 4.25. The van der Waals surface area contributed by atoms with Gasteiger partial charge in [-0.25, -0.2) is 8.93 Å². The third kappa shape index (κ3) is 4.28. The van der Waals surface area contributed by atoms with E-state index in [1.807, 2.05) is 20.8 Å². The molecule has 0 saturated carbocycles. The van der Waals surface area contributed by atoms with Crippen molar-refractivity contribution in [3.05, 3.63) is 29.0 Å². The van der Waals surface area contributed by atoms with Crippen molar-refractivity contribution in [1.29, 1.82) is 0 Å². The first-order valence-electron chi connectivity index (χ1n) is 4.65. The number of pyridine rings is 1. The van der Waals surface area contributed by atoms with Crippen molar-refractivity contribution in [3.8, 4) is 0 Å². The molecule has 1 heterocycles. The topological polar surface area (TPSA) is 42.0 Å². The van der Waals surface area contributed by atoms with E-state index in [4.69, 9.17) is 11.6 Å². The summed E-state index contributed by atoms with van der Waals surface area (Å²) in [5.74, 6) is 0. The van der Waals surface area contributed by atoms with E-state index in [0.29, 0.717) is 11.6 Å². The molecule has 84 valence electrons. The fourth-order valence-corrected chi connectivity index (χ4v) is 1.80. The maximum atomic E-state index is 11.7. The standard InChI is InChI=1S/C10H15ClN2OS/c1-10(2,3)15(14)13-7-9-6-8(11)4-5-12-9/h4-6,13H,7H2,1-3H3/t15-/m0/s1. The van der Waals surface area contributed by atoms with E-state index in [9.17, 15) is 4.21 Å². The van der Waals surface area contributed by atoms with Gasteiger partial charge in [0.2, 0.25) is 0 Å². The largest absolute Gasteiger partial charge is 0.260 e. The van der Waals surface area contributed by atoms with Crippen LogP contribution in [0.25, 0.3) is 0 Å². The highest BCUT2D eigenvalue weighted by Gasteiger charge is 2.18. The minimum absolute atomic E-state index is 0.265. The number of aromatic nitrogens is 1. The molecule has 0 aliphatic rings. The van der Waals surface area contributed by atoms with Gasteiger partial charge >= 0.3 is 0 Å². The Labute approximate surface area is 97.8 Å². The van der Waals surface area contributed by atoms with Gasteiger partial charge in [0.15, 0.2) is 0 Å². The van der Waals surface area contributed by atoms with Crippen LogP contribution >= 0.6 is 11.6 Å². The van der Waals surface area contributed by atoms with Crippen molar-refractivity contribution >= 4 is 22.6 Å². The molecule has 1 atom stereocenters. The normalized spacial score (nSPS) is 13.9. The van der Waals surface area contributed by atoms with Crippen LogP contribution in [0.5, 0.6) is 0 Å². The molecule has 0 bridgehead atoms. The number of hydrogen-bond acceptors (Lipinski definition) is 2. The van der Waals surface area contributed by atoms with E-state index in [2.05, 4.69) is 9.71 Å². The molecule has 0 aliphatic heterocycles. The van der Waals surface area contributed by atoms with E-state index in [0.717, 1.165) is 5.69 Å². The van der Waals surface area contributed by atoms with Crippen molar-refractivity contribution in [2.75, 3.05) is 0 Å². The number of halogens is 1. The third-order valence-electron chi connectivity index (χ3n) is 1.72. The molecular formula is C10H15ClN2OS. The fraction of sp³-hybridized carbons (Fsp3) is 0.500. The summed E-state index contributed by atoms with van der Waals surface area (Å²) in [4.78, 5) is 4.11. The second-order valence-corrected chi connectivity index (χ2v) is 6.65. The molecule has 1 N–H and O–H groups in total. The van der Waals surface area contributed by atoms with Gasteiger partial charge in [0.05, 0.1) is 28.0 Å². The van der Waals surface area contributed by atoms with E-state index in [-0.39, 0.29) is 4.75 Å². The molecule has 1 rings (SSSR count). The molecule has 15 heavy (non-hydrogen) atoms. The summed E-state index contributed by atoms with van der Waals surface area (Å²) >= 11 is 5.81. The Morgan fingerprint density at radius 1 is 1.53 bits per heavy atom. The highest BCUT2D eigenvalue weighted by atomic mass is 35.5. The van der Waals surface area contributed by atoms with Crippen molar-refractivity contribution in [3.63, 3.8) is 0 Å². The number of nitrogens with one attached hydrogen (secondary N) is 1. The molecule has 0 fully saturated rings. The molecule has 0 aromatic carbocycles. The second kappa shape index (κ2) is 5.05. The van der Waals surface area contributed by atoms with Gasteiger partial charge < -0.3 is 0 Å². The lowest BCUT2D eigenvalue weighted by atomic mass is 10.3.